The van der Waals surface area contributed by atoms with Crippen LogP contribution in [0.5, 0.6) is 5.75 Å². The van der Waals surface area contributed by atoms with E-state index in [1.54, 1.807) is 36.4 Å². The van der Waals surface area contributed by atoms with E-state index in [-0.39, 0.29) is 17.2 Å². The minimum atomic E-state index is -0.505. The minimum Gasteiger partial charge on any atom is -0.508 e. The molecule has 0 saturated carbocycles. The Balaban J connectivity index is 2.07. The number of rotatable bonds is 6. The predicted molar refractivity (Wildman–Crippen MR) is 83.4 cm³/mol. The van der Waals surface area contributed by atoms with Gasteiger partial charge in [0.05, 0.1) is 4.92 Å². The van der Waals surface area contributed by atoms with Gasteiger partial charge in [0.2, 0.25) is 0 Å². The van der Waals surface area contributed by atoms with Crippen LogP contribution in [0.4, 0.5) is 11.4 Å². The van der Waals surface area contributed by atoms with E-state index in [0.29, 0.717) is 24.2 Å². The quantitative estimate of drug-likeness (QED) is 0.485. The standard InChI is InChI=1S/C16H16N2O4/c1-11(19)13-4-7-15(16(10-13)18(21)22)17-9-8-12-2-5-14(20)6-3-12/h2-7,10,17,20H,8-9H2,1H3. The fourth-order valence-electron chi connectivity index (χ4n) is 2.06. The number of nitrogens with zero attached hydrogens (tertiary/aromatic N) is 1. The van der Waals surface area contributed by atoms with Crippen LogP contribution in [0.15, 0.2) is 42.5 Å². The maximum absolute atomic E-state index is 11.3. The Bertz CT molecular complexity index is 696. The summed E-state index contributed by atoms with van der Waals surface area (Å²) in [5, 5.41) is 23.3. The molecule has 0 amide bonds. The average Bonchev–Trinajstić information content (AvgIpc) is 2.49. The first kappa shape index (κ1) is 15.5. The van der Waals surface area contributed by atoms with Gasteiger partial charge in [0, 0.05) is 18.2 Å². The molecule has 6 nitrogen and oxygen atoms in total. The molecule has 0 heterocycles. The number of ketones is 1. The van der Waals surface area contributed by atoms with E-state index >= 15 is 0 Å². The van der Waals surface area contributed by atoms with Gasteiger partial charge in [-0.15, -0.1) is 0 Å². The number of carbonyl (C=O) groups is 1. The van der Waals surface area contributed by atoms with Crippen LogP contribution in [0.1, 0.15) is 22.8 Å². The molecule has 2 aromatic rings. The molecule has 2 rings (SSSR count). The summed E-state index contributed by atoms with van der Waals surface area (Å²) >= 11 is 0. The number of anilines is 1. The second-order valence-electron chi connectivity index (χ2n) is 4.89. The van der Waals surface area contributed by atoms with E-state index in [1.807, 2.05) is 0 Å². The van der Waals surface area contributed by atoms with Gasteiger partial charge in [0.15, 0.2) is 5.78 Å². The number of aromatic hydroxyl groups is 1. The van der Waals surface area contributed by atoms with Crippen LogP contribution in [-0.4, -0.2) is 22.4 Å². The molecule has 0 spiro atoms. The molecular formula is C16H16N2O4. The third-order valence-corrected chi connectivity index (χ3v) is 3.27. The van der Waals surface area contributed by atoms with Crippen molar-refractivity contribution in [3.05, 3.63) is 63.7 Å². The van der Waals surface area contributed by atoms with Gasteiger partial charge >= 0.3 is 0 Å². The van der Waals surface area contributed by atoms with Crippen molar-refractivity contribution in [3.8, 4) is 5.75 Å². The van der Waals surface area contributed by atoms with Gasteiger partial charge in [-0.05, 0) is 43.2 Å². The number of nitro groups is 1. The molecule has 0 fully saturated rings. The number of phenols is 1. The summed E-state index contributed by atoms with van der Waals surface area (Å²) in [5.74, 6) is -0.00841. The van der Waals surface area contributed by atoms with Crippen LogP contribution in [0.25, 0.3) is 0 Å². The van der Waals surface area contributed by atoms with E-state index in [2.05, 4.69) is 5.32 Å². The first-order valence-corrected chi connectivity index (χ1v) is 6.78. The Morgan fingerprint density at radius 1 is 1.23 bits per heavy atom. The van der Waals surface area contributed by atoms with Crippen molar-refractivity contribution in [3.63, 3.8) is 0 Å². The van der Waals surface area contributed by atoms with Crippen LogP contribution in [0.2, 0.25) is 0 Å². The Hall–Kier alpha value is -2.89. The monoisotopic (exact) mass is 300 g/mol. The molecule has 0 radical (unpaired) electrons. The number of hydrogen-bond acceptors (Lipinski definition) is 5. The molecule has 0 saturated heterocycles. The maximum atomic E-state index is 11.3. The van der Waals surface area contributed by atoms with Gasteiger partial charge in [-0.25, -0.2) is 0 Å². The van der Waals surface area contributed by atoms with Crippen LogP contribution in [-0.2, 0) is 6.42 Å². The number of nitrogens with one attached hydrogen (secondary N) is 1. The Morgan fingerprint density at radius 3 is 2.50 bits per heavy atom. The number of carbonyl (C=O) groups excluding carboxylic acids is 1. The van der Waals surface area contributed by atoms with E-state index in [0.717, 1.165) is 5.56 Å². The van der Waals surface area contributed by atoms with Crippen LogP contribution >= 0.6 is 0 Å². The molecule has 0 aliphatic carbocycles. The molecule has 0 aromatic heterocycles. The summed E-state index contributed by atoms with van der Waals surface area (Å²) in [7, 11) is 0. The van der Waals surface area contributed by atoms with E-state index < -0.39 is 4.92 Å². The van der Waals surface area contributed by atoms with Gasteiger partial charge in [-0.3, -0.25) is 14.9 Å². The summed E-state index contributed by atoms with van der Waals surface area (Å²) < 4.78 is 0. The zero-order chi connectivity index (χ0) is 16.1. The largest absolute Gasteiger partial charge is 0.508 e. The zero-order valence-corrected chi connectivity index (χ0v) is 12.1. The summed E-state index contributed by atoms with van der Waals surface area (Å²) in [6.45, 7) is 1.88. The molecular weight excluding hydrogens is 284 g/mol. The normalized spacial score (nSPS) is 10.2. The molecule has 114 valence electrons. The minimum absolute atomic E-state index is 0.113. The fraction of sp³-hybridized carbons (Fsp3) is 0.188. The van der Waals surface area contributed by atoms with Crippen molar-refractivity contribution < 1.29 is 14.8 Å². The lowest BCUT2D eigenvalue weighted by Crippen LogP contribution is -2.07. The number of Topliss-reactive ketones (excluding diaryl/α,β-unsaturated/α-hetero) is 1. The molecule has 2 N–H and O–H groups in total. The molecule has 22 heavy (non-hydrogen) atoms. The highest BCUT2D eigenvalue weighted by atomic mass is 16.6. The van der Waals surface area contributed by atoms with E-state index in [1.165, 1.54) is 13.0 Å². The first-order chi connectivity index (χ1) is 10.5. The fourth-order valence-corrected chi connectivity index (χ4v) is 2.06. The average molecular weight is 300 g/mol. The highest BCUT2D eigenvalue weighted by molar-refractivity contribution is 5.95. The third-order valence-electron chi connectivity index (χ3n) is 3.27. The second kappa shape index (κ2) is 6.71. The topological polar surface area (TPSA) is 92.5 Å². The zero-order valence-electron chi connectivity index (χ0n) is 12.1. The van der Waals surface area contributed by atoms with Crippen molar-refractivity contribution in [1.29, 1.82) is 0 Å². The summed E-state index contributed by atoms with van der Waals surface area (Å²) in [4.78, 5) is 21.9. The van der Waals surface area contributed by atoms with Crippen LogP contribution in [0.3, 0.4) is 0 Å². The third kappa shape index (κ3) is 3.82. The number of nitro benzene ring substituents is 1. The van der Waals surface area contributed by atoms with Gasteiger partial charge in [0.1, 0.15) is 11.4 Å². The SMILES string of the molecule is CC(=O)c1ccc(NCCc2ccc(O)cc2)c([N+](=O)[O-])c1. The Morgan fingerprint density at radius 2 is 1.91 bits per heavy atom. The smallest absolute Gasteiger partial charge is 0.293 e. The van der Waals surface area contributed by atoms with Gasteiger partial charge in [-0.1, -0.05) is 12.1 Å². The summed E-state index contributed by atoms with van der Waals surface area (Å²) in [6.07, 6.45) is 0.659. The van der Waals surface area contributed by atoms with E-state index in [9.17, 15) is 20.0 Å². The van der Waals surface area contributed by atoms with Gasteiger partial charge in [-0.2, -0.15) is 0 Å². The molecule has 2 aromatic carbocycles. The second-order valence-corrected chi connectivity index (χ2v) is 4.89. The lowest BCUT2D eigenvalue weighted by Gasteiger charge is -2.08. The summed E-state index contributed by atoms with van der Waals surface area (Å²) in [6, 6.07) is 11.2. The van der Waals surface area contributed by atoms with Crippen LogP contribution < -0.4 is 5.32 Å². The number of hydrogen-bond donors (Lipinski definition) is 2. The number of benzene rings is 2. The van der Waals surface area contributed by atoms with Crippen molar-refractivity contribution in [2.45, 2.75) is 13.3 Å². The molecule has 0 aliphatic rings. The highest BCUT2D eigenvalue weighted by Gasteiger charge is 2.15. The molecule has 6 heteroatoms. The Labute approximate surface area is 127 Å². The van der Waals surface area contributed by atoms with Gasteiger partial charge < -0.3 is 10.4 Å². The maximum Gasteiger partial charge on any atom is 0.293 e. The predicted octanol–water partition coefficient (Wildman–Crippen LogP) is 3.16. The van der Waals surface area contributed by atoms with E-state index in [4.69, 9.17) is 0 Å². The Kier molecular flexibility index (Phi) is 4.73. The van der Waals surface area contributed by atoms with Crippen molar-refractivity contribution in [2.24, 2.45) is 0 Å². The highest BCUT2D eigenvalue weighted by Crippen LogP contribution is 2.25. The molecule has 0 unspecified atom stereocenters. The molecule has 0 bridgehead atoms. The lowest BCUT2D eigenvalue weighted by atomic mass is 10.1. The van der Waals surface area contributed by atoms with Crippen LogP contribution in [0, 0.1) is 10.1 Å². The number of phenolic OH excluding ortho intramolecular Hbond substituents is 1. The van der Waals surface area contributed by atoms with Crippen molar-refractivity contribution in [1.82, 2.24) is 0 Å². The van der Waals surface area contributed by atoms with Crippen molar-refractivity contribution in [2.75, 3.05) is 11.9 Å². The molecule has 0 aliphatic heterocycles. The molecule has 0 atom stereocenters. The van der Waals surface area contributed by atoms with Crippen molar-refractivity contribution >= 4 is 17.2 Å². The lowest BCUT2D eigenvalue weighted by molar-refractivity contribution is -0.384. The first-order valence-electron chi connectivity index (χ1n) is 6.78. The summed E-state index contributed by atoms with van der Waals surface area (Å²) in [5.41, 5.74) is 1.59. The van der Waals surface area contributed by atoms with Gasteiger partial charge in [0.25, 0.3) is 5.69 Å².